The van der Waals surface area contributed by atoms with Crippen LogP contribution in [0.25, 0.3) is 4.96 Å². The lowest BCUT2D eigenvalue weighted by atomic mass is 10.0. The minimum absolute atomic E-state index is 0.0437. The molecule has 0 radical (unpaired) electrons. The van der Waals surface area contributed by atoms with Crippen molar-refractivity contribution < 1.29 is 9.47 Å². The highest BCUT2D eigenvalue weighted by atomic mass is 32.1. The van der Waals surface area contributed by atoms with Gasteiger partial charge in [0.15, 0.2) is 4.96 Å². The van der Waals surface area contributed by atoms with Crippen molar-refractivity contribution in [2.24, 2.45) is 0 Å². The predicted octanol–water partition coefficient (Wildman–Crippen LogP) is 3.68. The van der Waals surface area contributed by atoms with Crippen molar-refractivity contribution in [2.45, 2.75) is 45.7 Å². The Morgan fingerprint density at radius 3 is 2.73 bits per heavy atom. The van der Waals surface area contributed by atoms with Gasteiger partial charge in [-0.15, -0.1) is 11.3 Å². The van der Waals surface area contributed by atoms with Crippen molar-refractivity contribution >= 4 is 16.3 Å². The smallest absolute Gasteiger partial charge is 0.259 e. The van der Waals surface area contributed by atoms with E-state index in [1.54, 1.807) is 24.5 Å². The number of hydrogen-bond donors (Lipinski definition) is 0. The third-order valence-corrected chi connectivity index (χ3v) is 6.60. The zero-order valence-corrected chi connectivity index (χ0v) is 18.5. The molecule has 0 amide bonds. The van der Waals surface area contributed by atoms with Crippen LogP contribution in [0.4, 0.5) is 0 Å². The summed E-state index contributed by atoms with van der Waals surface area (Å²) in [5, 5.41) is 0. The first-order chi connectivity index (χ1) is 14.7. The minimum Gasteiger partial charge on any atom is -0.494 e. The van der Waals surface area contributed by atoms with E-state index in [2.05, 4.69) is 17.0 Å². The van der Waals surface area contributed by atoms with Gasteiger partial charge in [0.1, 0.15) is 5.75 Å². The summed E-state index contributed by atoms with van der Waals surface area (Å²) in [6, 6.07) is 9.88. The van der Waals surface area contributed by atoms with Crippen LogP contribution in [0.1, 0.15) is 41.6 Å². The van der Waals surface area contributed by atoms with Gasteiger partial charge in [-0.25, -0.2) is 4.98 Å². The van der Waals surface area contributed by atoms with Gasteiger partial charge in [-0.2, -0.15) is 0 Å². The first kappa shape index (κ1) is 21.0. The zero-order chi connectivity index (χ0) is 20.9. The summed E-state index contributed by atoms with van der Waals surface area (Å²) in [5.74, 6) is 0.881. The van der Waals surface area contributed by atoms with E-state index in [4.69, 9.17) is 14.5 Å². The van der Waals surface area contributed by atoms with Crippen molar-refractivity contribution in [1.82, 2.24) is 14.3 Å². The maximum Gasteiger partial charge on any atom is 0.259 e. The minimum atomic E-state index is 0.0437. The number of nitrogens with zero attached hydrogens (tertiary/aromatic N) is 3. The summed E-state index contributed by atoms with van der Waals surface area (Å²) in [7, 11) is 1.71. The Morgan fingerprint density at radius 1 is 1.17 bits per heavy atom. The molecular formula is C23H29N3O3S. The quantitative estimate of drug-likeness (QED) is 0.521. The summed E-state index contributed by atoms with van der Waals surface area (Å²) in [5.41, 5.74) is 3.23. The lowest BCUT2D eigenvalue weighted by Gasteiger charge is -2.22. The Labute approximate surface area is 181 Å². The molecule has 7 heteroatoms. The number of benzene rings is 1. The Hall–Kier alpha value is -2.22. The van der Waals surface area contributed by atoms with Crippen molar-refractivity contribution in [2.75, 3.05) is 26.9 Å². The average molecular weight is 428 g/mol. The third-order valence-electron chi connectivity index (χ3n) is 5.45. The Bertz CT molecular complexity index is 1040. The molecular weight excluding hydrogens is 398 g/mol. The fraction of sp³-hybridized carbons (Fsp3) is 0.478. The van der Waals surface area contributed by atoms with E-state index in [-0.39, 0.29) is 5.56 Å². The van der Waals surface area contributed by atoms with Crippen LogP contribution in [0.3, 0.4) is 0 Å². The van der Waals surface area contributed by atoms with Gasteiger partial charge >= 0.3 is 0 Å². The number of thiazole rings is 1. The van der Waals surface area contributed by atoms with Crippen LogP contribution in [0.15, 0.2) is 35.1 Å². The molecule has 0 unspecified atom stereocenters. The van der Waals surface area contributed by atoms with Crippen LogP contribution < -0.4 is 10.3 Å². The van der Waals surface area contributed by atoms with E-state index in [1.807, 2.05) is 23.5 Å². The van der Waals surface area contributed by atoms with E-state index < -0.39 is 0 Å². The molecule has 1 aliphatic rings. The molecule has 0 saturated heterocycles. The summed E-state index contributed by atoms with van der Waals surface area (Å²) in [6.07, 6.45) is 4.40. The molecule has 0 N–H and O–H groups in total. The van der Waals surface area contributed by atoms with Crippen LogP contribution in [0, 0.1) is 0 Å². The molecule has 2 heterocycles. The highest BCUT2D eigenvalue weighted by Gasteiger charge is 2.19. The van der Waals surface area contributed by atoms with E-state index >= 15 is 0 Å². The fourth-order valence-electron chi connectivity index (χ4n) is 4.00. The van der Waals surface area contributed by atoms with Crippen LogP contribution in [0.5, 0.6) is 5.75 Å². The normalized spacial score (nSPS) is 13.7. The van der Waals surface area contributed by atoms with E-state index in [1.165, 1.54) is 22.6 Å². The van der Waals surface area contributed by atoms with Crippen LogP contribution >= 0.6 is 11.3 Å². The topological polar surface area (TPSA) is 56.1 Å². The fourth-order valence-corrected chi connectivity index (χ4v) is 5.23. The second kappa shape index (κ2) is 9.73. The molecule has 30 heavy (non-hydrogen) atoms. The number of ether oxygens (including phenoxy) is 2. The number of hydrogen-bond acceptors (Lipinski definition) is 6. The lowest BCUT2D eigenvalue weighted by molar-refractivity contribution is 0.139. The van der Waals surface area contributed by atoms with Crippen molar-refractivity contribution in [3.8, 4) is 5.75 Å². The van der Waals surface area contributed by atoms with E-state index in [0.717, 1.165) is 48.8 Å². The summed E-state index contributed by atoms with van der Waals surface area (Å²) >= 11 is 1.68. The van der Waals surface area contributed by atoms with Gasteiger partial charge in [0.25, 0.3) is 5.56 Å². The number of rotatable bonds is 9. The average Bonchev–Trinajstić information content (AvgIpc) is 3.12. The Kier molecular flexibility index (Phi) is 6.82. The molecule has 6 nitrogen and oxygen atoms in total. The molecule has 1 aromatic carbocycles. The SMILES string of the molecule is CCOc1ccc(CN(CCOC)Cc2cc(=O)n3c4c(sc3n2)CCCC4)cc1. The number of aromatic nitrogens is 2. The summed E-state index contributed by atoms with van der Waals surface area (Å²) < 4.78 is 12.7. The molecule has 0 fully saturated rings. The molecule has 4 rings (SSSR count). The summed E-state index contributed by atoms with van der Waals surface area (Å²) in [4.78, 5) is 22.1. The van der Waals surface area contributed by atoms with Crippen LogP contribution in [-0.4, -0.2) is 41.2 Å². The third kappa shape index (κ3) is 4.74. The van der Waals surface area contributed by atoms with E-state index in [0.29, 0.717) is 19.8 Å². The van der Waals surface area contributed by atoms with Crippen molar-refractivity contribution in [3.05, 3.63) is 62.5 Å². The summed E-state index contributed by atoms with van der Waals surface area (Å²) in [6.45, 7) is 5.42. The highest BCUT2D eigenvalue weighted by Crippen LogP contribution is 2.28. The molecule has 0 saturated carbocycles. The van der Waals surface area contributed by atoms with Gasteiger partial charge in [-0.05, 0) is 50.3 Å². The lowest BCUT2D eigenvalue weighted by Crippen LogP contribution is -2.28. The van der Waals surface area contributed by atoms with Gasteiger partial charge in [0.05, 0.1) is 18.9 Å². The number of methoxy groups -OCH3 is 1. The molecule has 3 aromatic rings. The highest BCUT2D eigenvalue weighted by molar-refractivity contribution is 7.17. The number of fused-ring (bicyclic) bond motifs is 3. The van der Waals surface area contributed by atoms with E-state index in [9.17, 15) is 4.79 Å². The molecule has 2 aromatic heterocycles. The van der Waals surface area contributed by atoms with Crippen LogP contribution in [-0.2, 0) is 30.7 Å². The largest absolute Gasteiger partial charge is 0.494 e. The van der Waals surface area contributed by atoms with Gasteiger partial charge in [0, 0.05) is 43.4 Å². The maximum absolute atomic E-state index is 12.9. The first-order valence-electron chi connectivity index (χ1n) is 10.6. The van der Waals surface area contributed by atoms with Gasteiger partial charge in [-0.3, -0.25) is 14.1 Å². The van der Waals surface area contributed by atoms with Gasteiger partial charge < -0.3 is 9.47 Å². The molecule has 1 aliphatic carbocycles. The molecule has 0 aliphatic heterocycles. The zero-order valence-electron chi connectivity index (χ0n) is 17.7. The molecule has 160 valence electrons. The second-order valence-corrected chi connectivity index (χ2v) is 8.73. The molecule has 0 spiro atoms. The Morgan fingerprint density at radius 2 is 1.97 bits per heavy atom. The predicted molar refractivity (Wildman–Crippen MR) is 120 cm³/mol. The van der Waals surface area contributed by atoms with Crippen LogP contribution in [0.2, 0.25) is 0 Å². The monoisotopic (exact) mass is 427 g/mol. The Balaban J connectivity index is 1.55. The first-order valence-corrected chi connectivity index (χ1v) is 11.5. The number of aryl methyl sites for hydroxylation is 2. The van der Waals surface area contributed by atoms with Crippen molar-refractivity contribution in [3.63, 3.8) is 0 Å². The van der Waals surface area contributed by atoms with Gasteiger partial charge in [-0.1, -0.05) is 12.1 Å². The van der Waals surface area contributed by atoms with Crippen molar-refractivity contribution in [1.29, 1.82) is 0 Å². The standard InChI is InChI=1S/C23H29N3O3S/c1-3-29-19-10-8-17(9-11-19)15-25(12-13-28-2)16-18-14-22(27)26-20-6-4-5-7-21(20)30-23(26)24-18/h8-11,14H,3-7,12-13,15-16H2,1-2H3. The second-order valence-electron chi connectivity index (χ2n) is 7.66. The van der Waals surface area contributed by atoms with Gasteiger partial charge in [0.2, 0.25) is 0 Å². The molecule has 0 atom stereocenters. The molecule has 0 bridgehead atoms. The maximum atomic E-state index is 12.9.